The van der Waals surface area contributed by atoms with Gasteiger partial charge >= 0.3 is 0 Å². The van der Waals surface area contributed by atoms with E-state index in [-0.39, 0.29) is 6.04 Å². The number of aryl methyl sites for hydroxylation is 2. The molecule has 116 valence electrons. The Bertz CT molecular complexity index is 615. The number of benzene rings is 2. The molecule has 0 aromatic heterocycles. The van der Waals surface area contributed by atoms with Gasteiger partial charge in [0, 0.05) is 5.69 Å². The summed E-state index contributed by atoms with van der Waals surface area (Å²) in [6.45, 7) is 8.79. The van der Waals surface area contributed by atoms with Crippen LogP contribution in [0.1, 0.15) is 30.5 Å². The first-order valence-electron chi connectivity index (χ1n) is 7.61. The first-order chi connectivity index (χ1) is 10.6. The van der Waals surface area contributed by atoms with Crippen molar-refractivity contribution in [3.8, 4) is 0 Å². The first kappa shape index (κ1) is 16.1. The Kier molecular flexibility index (Phi) is 5.59. The van der Waals surface area contributed by atoms with E-state index in [1.54, 1.807) is 0 Å². The molecule has 0 amide bonds. The molecule has 0 saturated heterocycles. The van der Waals surface area contributed by atoms with Crippen LogP contribution in [0.3, 0.4) is 0 Å². The third-order valence-corrected chi connectivity index (χ3v) is 3.75. The molecular weight excluding hydrogens is 272 g/mol. The zero-order valence-corrected chi connectivity index (χ0v) is 13.8. The van der Waals surface area contributed by atoms with Crippen LogP contribution in [0, 0.1) is 13.8 Å². The first-order valence-corrected chi connectivity index (χ1v) is 7.61. The Morgan fingerprint density at radius 2 is 1.68 bits per heavy atom. The van der Waals surface area contributed by atoms with Gasteiger partial charge in [-0.05, 0) is 44.4 Å². The molecule has 2 aromatic rings. The van der Waals surface area contributed by atoms with Crippen LogP contribution in [0.25, 0.3) is 0 Å². The number of nitrogens with zero attached hydrogens (tertiary/aromatic N) is 1. The van der Waals surface area contributed by atoms with Gasteiger partial charge in [-0.3, -0.25) is 0 Å². The SMILES string of the molecule is CC(=NOCc1ccccc1)C(C)Nc1c(C)cccc1C. The maximum absolute atomic E-state index is 5.45. The quantitative estimate of drug-likeness (QED) is 0.619. The van der Waals surface area contributed by atoms with Gasteiger partial charge < -0.3 is 10.2 Å². The Labute approximate surface area is 133 Å². The zero-order chi connectivity index (χ0) is 15.9. The van der Waals surface area contributed by atoms with E-state index in [1.807, 2.05) is 37.3 Å². The predicted octanol–water partition coefficient (Wildman–Crippen LogP) is 4.70. The van der Waals surface area contributed by atoms with Crippen LogP contribution in [0.5, 0.6) is 0 Å². The lowest BCUT2D eigenvalue weighted by molar-refractivity contribution is 0.129. The molecule has 0 bridgehead atoms. The van der Waals surface area contributed by atoms with Gasteiger partial charge in [-0.2, -0.15) is 0 Å². The van der Waals surface area contributed by atoms with E-state index in [9.17, 15) is 0 Å². The molecule has 1 N–H and O–H groups in total. The number of nitrogens with one attached hydrogen (secondary N) is 1. The summed E-state index contributed by atoms with van der Waals surface area (Å²) in [5.74, 6) is 0. The average Bonchev–Trinajstić information content (AvgIpc) is 2.52. The van der Waals surface area contributed by atoms with E-state index in [4.69, 9.17) is 4.84 Å². The molecule has 0 heterocycles. The minimum Gasteiger partial charge on any atom is -0.391 e. The zero-order valence-electron chi connectivity index (χ0n) is 13.8. The van der Waals surface area contributed by atoms with E-state index in [2.05, 4.69) is 49.4 Å². The topological polar surface area (TPSA) is 33.6 Å². The fraction of sp³-hybridized carbons (Fsp3) is 0.316. The maximum atomic E-state index is 5.45. The van der Waals surface area contributed by atoms with Crippen LogP contribution in [0.4, 0.5) is 5.69 Å². The van der Waals surface area contributed by atoms with Gasteiger partial charge in [0.05, 0.1) is 11.8 Å². The van der Waals surface area contributed by atoms with E-state index in [1.165, 1.54) is 16.8 Å². The molecule has 0 spiro atoms. The van der Waals surface area contributed by atoms with Gasteiger partial charge in [0.2, 0.25) is 0 Å². The van der Waals surface area contributed by atoms with Gasteiger partial charge in [0.15, 0.2) is 0 Å². The molecule has 3 nitrogen and oxygen atoms in total. The molecule has 0 fully saturated rings. The summed E-state index contributed by atoms with van der Waals surface area (Å²) in [7, 11) is 0. The molecule has 1 unspecified atom stereocenters. The Hall–Kier alpha value is -2.29. The van der Waals surface area contributed by atoms with Crippen molar-refractivity contribution in [1.82, 2.24) is 0 Å². The molecule has 0 aliphatic carbocycles. The van der Waals surface area contributed by atoms with Crippen molar-refractivity contribution < 1.29 is 4.84 Å². The summed E-state index contributed by atoms with van der Waals surface area (Å²) < 4.78 is 0. The summed E-state index contributed by atoms with van der Waals surface area (Å²) in [5, 5.41) is 7.75. The number of para-hydroxylation sites is 1. The van der Waals surface area contributed by atoms with Crippen molar-refractivity contribution in [3.63, 3.8) is 0 Å². The molecule has 2 rings (SSSR count). The molecular formula is C19H24N2O. The van der Waals surface area contributed by atoms with Crippen LogP contribution < -0.4 is 5.32 Å². The highest BCUT2D eigenvalue weighted by Crippen LogP contribution is 2.20. The van der Waals surface area contributed by atoms with Crippen LogP contribution in [0.2, 0.25) is 0 Å². The van der Waals surface area contributed by atoms with Crippen molar-refractivity contribution in [2.45, 2.75) is 40.3 Å². The van der Waals surface area contributed by atoms with E-state index in [0.29, 0.717) is 6.61 Å². The molecule has 0 aliphatic rings. The van der Waals surface area contributed by atoms with Crippen LogP contribution in [0.15, 0.2) is 53.7 Å². The molecule has 2 aromatic carbocycles. The third-order valence-electron chi connectivity index (χ3n) is 3.75. The minimum atomic E-state index is 0.121. The largest absolute Gasteiger partial charge is 0.391 e. The van der Waals surface area contributed by atoms with E-state index in [0.717, 1.165) is 11.3 Å². The lowest BCUT2D eigenvalue weighted by Crippen LogP contribution is -2.25. The molecule has 0 saturated carbocycles. The fourth-order valence-corrected chi connectivity index (χ4v) is 2.22. The summed E-state index contributed by atoms with van der Waals surface area (Å²) in [4.78, 5) is 5.45. The maximum Gasteiger partial charge on any atom is 0.142 e. The van der Waals surface area contributed by atoms with Crippen molar-refractivity contribution in [1.29, 1.82) is 0 Å². The normalized spacial score (nSPS) is 12.8. The van der Waals surface area contributed by atoms with Crippen LogP contribution >= 0.6 is 0 Å². The Morgan fingerprint density at radius 1 is 1.05 bits per heavy atom. The second kappa shape index (κ2) is 7.64. The number of hydrogen-bond donors (Lipinski definition) is 1. The summed E-state index contributed by atoms with van der Waals surface area (Å²) >= 11 is 0. The lowest BCUT2D eigenvalue weighted by Gasteiger charge is -2.18. The van der Waals surface area contributed by atoms with Gasteiger partial charge in [0.1, 0.15) is 6.61 Å². The monoisotopic (exact) mass is 296 g/mol. The number of oxime groups is 1. The molecule has 1 atom stereocenters. The Morgan fingerprint density at radius 3 is 2.32 bits per heavy atom. The molecule has 0 aliphatic heterocycles. The van der Waals surface area contributed by atoms with Crippen molar-refractivity contribution in [2.75, 3.05) is 5.32 Å². The van der Waals surface area contributed by atoms with Crippen molar-refractivity contribution >= 4 is 11.4 Å². The van der Waals surface area contributed by atoms with E-state index >= 15 is 0 Å². The second-order valence-electron chi connectivity index (χ2n) is 5.62. The van der Waals surface area contributed by atoms with Gasteiger partial charge in [-0.25, -0.2) is 0 Å². The highest BCUT2D eigenvalue weighted by molar-refractivity contribution is 5.89. The van der Waals surface area contributed by atoms with Crippen LogP contribution in [-0.2, 0) is 11.4 Å². The second-order valence-corrected chi connectivity index (χ2v) is 5.62. The summed E-state index contributed by atoms with van der Waals surface area (Å²) in [6, 6.07) is 16.5. The smallest absolute Gasteiger partial charge is 0.142 e. The predicted molar refractivity (Wildman–Crippen MR) is 93.3 cm³/mol. The lowest BCUT2D eigenvalue weighted by atomic mass is 10.1. The van der Waals surface area contributed by atoms with Gasteiger partial charge in [0.25, 0.3) is 0 Å². The molecule has 3 heteroatoms. The average molecular weight is 296 g/mol. The highest BCUT2D eigenvalue weighted by Gasteiger charge is 2.09. The number of anilines is 1. The van der Waals surface area contributed by atoms with Gasteiger partial charge in [-0.15, -0.1) is 0 Å². The Balaban J connectivity index is 1.94. The molecule has 22 heavy (non-hydrogen) atoms. The highest BCUT2D eigenvalue weighted by atomic mass is 16.6. The molecule has 0 radical (unpaired) electrons. The summed E-state index contributed by atoms with van der Waals surface area (Å²) in [6.07, 6.45) is 0. The summed E-state index contributed by atoms with van der Waals surface area (Å²) in [5.41, 5.74) is 5.70. The number of hydrogen-bond acceptors (Lipinski definition) is 3. The third kappa shape index (κ3) is 4.35. The van der Waals surface area contributed by atoms with E-state index < -0.39 is 0 Å². The van der Waals surface area contributed by atoms with Crippen molar-refractivity contribution in [3.05, 3.63) is 65.2 Å². The van der Waals surface area contributed by atoms with Gasteiger partial charge in [-0.1, -0.05) is 53.7 Å². The van der Waals surface area contributed by atoms with Crippen LogP contribution in [-0.4, -0.2) is 11.8 Å². The van der Waals surface area contributed by atoms with Crippen molar-refractivity contribution in [2.24, 2.45) is 5.16 Å². The number of rotatable bonds is 6. The fourth-order valence-electron chi connectivity index (χ4n) is 2.22. The standard InChI is InChI=1S/C19H24N2O/c1-14-9-8-10-15(2)19(14)20-16(3)17(4)21-22-13-18-11-6-5-7-12-18/h5-12,16,20H,13H2,1-4H3. The minimum absolute atomic E-state index is 0.121.